The SMILES string of the molecule is CC1(C)c2cc(O)ccc2CC(SCCC(=O)NC(Cc2ccc(O)cc2)C(N)=O)C1N. The molecule has 0 radical (unpaired) electrons. The number of benzene rings is 2. The molecule has 8 heteroatoms. The van der Waals surface area contributed by atoms with Gasteiger partial charge in [-0.05, 0) is 47.4 Å². The van der Waals surface area contributed by atoms with E-state index in [0.29, 0.717) is 5.75 Å². The van der Waals surface area contributed by atoms with Gasteiger partial charge in [0.25, 0.3) is 0 Å². The van der Waals surface area contributed by atoms with E-state index in [1.165, 1.54) is 17.7 Å². The molecular weight excluding hydrogens is 426 g/mol. The van der Waals surface area contributed by atoms with Gasteiger partial charge in [0.2, 0.25) is 11.8 Å². The van der Waals surface area contributed by atoms with Gasteiger partial charge in [0.05, 0.1) is 0 Å². The Morgan fingerprint density at radius 2 is 1.81 bits per heavy atom. The predicted octanol–water partition coefficient (Wildman–Crippen LogP) is 1.96. The van der Waals surface area contributed by atoms with Crippen LogP contribution in [0.4, 0.5) is 0 Å². The monoisotopic (exact) mass is 457 g/mol. The second-order valence-electron chi connectivity index (χ2n) is 8.85. The maximum atomic E-state index is 12.5. The zero-order valence-electron chi connectivity index (χ0n) is 18.4. The first-order chi connectivity index (χ1) is 15.1. The molecule has 172 valence electrons. The zero-order chi connectivity index (χ0) is 23.5. The number of primary amides is 1. The Hall–Kier alpha value is -2.71. The van der Waals surface area contributed by atoms with Crippen LogP contribution < -0.4 is 16.8 Å². The minimum Gasteiger partial charge on any atom is -0.508 e. The summed E-state index contributed by atoms with van der Waals surface area (Å²) in [6.45, 7) is 4.16. The normalized spacial score (nSPS) is 20.2. The number of fused-ring (bicyclic) bond motifs is 1. The lowest BCUT2D eigenvalue weighted by Gasteiger charge is -2.43. The number of hydrogen-bond donors (Lipinski definition) is 5. The standard InChI is InChI=1S/C24H31N3O4S/c1-24(2)18-13-17(29)8-5-15(18)12-20(22(24)25)32-10-9-21(30)27-19(23(26)31)11-14-3-6-16(28)7-4-14/h3-8,13,19-20,22,28-29H,9-12,25H2,1-2H3,(H2,26,31)(H,27,30). The van der Waals surface area contributed by atoms with Gasteiger partial charge >= 0.3 is 0 Å². The molecule has 32 heavy (non-hydrogen) atoms. The van der Waals surface area contributed by atoms with Crippen molar-refractivity contribution >= 4 is 23.6 Å². The number of rotatable bonds is 8. The number of carbonyl (C=O) groups excluding carboxylic acids is 2. The fourth-order valence-electron chi connectivity index (χ4n) is 4.15. The minimum atomic E-state index is -0.813. The predicted molar refractivity (Wildman–Crippen MR) is 127 cm³/mol. The molecule has 3 unspecified atom stereocenters. The van der Waals surface area contributed by atoms with Gasteiger partial charge < -0.3 is 27.0 Å². The van der Waals surface area contributed by atoms with Crippen molar-refractivity contribution in [3.05, 3.63) is 59.2 Å². The molecule has 2 amide bonds. The average Bonchev–Trinajstić information content (AvgIpc) is 2.73. The van der Waals surface area contributed by atoms with E-state index in [0.717, 1.165) is 17.5 Å². The fraction of sp³-hybridized carbons (Fsp3) is 0.417. The summed E-state index contributed by atoms with van der Waals surface area (Å²) in [5, 5.41) is 22.1. The van der Waals surface area contributed by atoms with Gasteiger partial charge in [-0.3, -0.25) is 9.59 Å². The molecule has 0 heterocycles. The molecule has 7 N–H and O–H groups in total. The molecule has 3 rings (SSSR count). The number of thioether (sulfide) groups is 1. The lowest BCUT2D eigenvalue weighted by atomic mass is 9.69. The van der Waals surface area contributed by atoms with Crippen molar-refractivity contribution in [2.75, 3.05) is 5.75 Å². The maximum absolute atomic E-state index is 12.5. The highest BCUT2D eigenvalue weighted by Crippen LogP contribution is 2.41. The van der Waals surface area contributed by atoms with Crippen LogP contribution in [0.25, 0.3) is 0 Å². The summed E-state index contributed by atoms with van der Waals surface area (Å²) >= 11 is 1.65. The molecule has 0 saturated carbocycles. The average molecular weight is 458 g/mol. The van der Waals surface area contributed by atoms with Gasteiger partial charge in [0, 0.05) is 35.3 Å². The van der Waals surface area contributed by atoms with E-state index in [1.807, 2.05) is 6.07 Å². The Kier molecular flexibility index (Phi) is 7.36. The summed E-state index contributed by atoms with van der Waals surface area (Å²) in [4.78, 5) is 24.3. The van der Waals surface area contributed by atoms with Crippen molar-refractivity contribution in [2.45, 2.75) is 55.9 Å². The van der Waals surface area contributed by atoms with Gasteiger partial charge in [-0.25, -0.2) is 0 Å². The molecule has 0 aromatic heterocycles. The molecule has 1 aliphatic rings. The van der Waals surface area contributed by atoms with Gasteiger partial charge in [0.15, 0.2) is 0 Å². The molecule has 0 spiro atoms. The van der Waals surface area contributed by atoms with Gasteiger partial charge in [-0.1, -0.05) is 32.0 Å². The van der Waals surface area contributed by atoms with Crippen LogP contribution >= 0.6 is 11.8 Å². The molecule has 0 fully saturated rings. The first kappa shape index (κ1) is 23.9. The summed E-state index contributed by atoms with van der Waals surface area (Å²) < 4.78 is 0. The zero-order valence-corrected chi connectivity index (χ0v) is 19.2. The number of nitrogens with one attached hydrogen (secondary N) is 1. The van der Waals surface area contributed by atoms with E-state index in [9.17, 15) is 19.8 Å². The highest BCUT2D eigenvalue weighted by atomic mass is 32.2. The van der Waals surface area contributed by atoms with E-state index in [-0.39, 0.29) is 47.0 Å². The topological polar surface area (TPSA) is 139 Å². The van der Waals surface area contributed by atoms with E-state index < -0.39 is 11.9 Å². The molecule has 2 aromatic carbocycles. The molecular formula is C24H31N3O4S. The molecule has 3 atom stereocenters. The first-order valence-electron chi connectivity index (χ1n) is 10.6. The van der Waals surface area contributed by atoms with E-state index in [1.54, 1.807) is 36.0 Å². The van der Waals surface area contributed by atoms with Crippen LogP contribution in [0.2, 0.25) is 0 Å². The minimum absolute atomic E-state index is 0.127. The number of amides is 2. The van der Waals surface area contributed by atoms with Crippen LogP contribution in [0.5, 0.6) is 11.5 Å². The van der Waals surface area contributed by atoms with Crippen molar-refractivity contribution in [1.82, 2.24) is 5.32 Å². The highest BCUT2D eigenvalue weighted by Gasteiger charge is 2.40. The van der Waals surface area contributed by atoms with Crippen molar-refractivity contribution in [1.29, 1.82) is 0 Å². The highest BCUT2D eigenvalue weighted by molar-refractivity contribution is 8.00. The molecule has 0 saturated heterocycles. The Morgan fingerprint density at radius 3 is 2.47 bits per heavy atom. The number of nitrogens with two attached hydrogens (primary N) is 2. The number of phenolic OH excluding ortho intramolecular Hbond substituents is 2. The van der Waals surface area contributed by atoms with Gasteiger partial charge in [-0.15, -0.1) is 0 Å². The Bertz CT molecular complexity index is 978. The number of aromatic hydroxyl groups is 2. The molecule has 1 aliphatic carbocycles. The van der Waals surface area contributed by atoms with Crippen LogP contribution in [0.3, 0.4) is 0 Å². The van der Waals surface area contributed by atoms with Crippen LogP contribution in [-0.2, 0) is 27.8 Å². The number of carbonyl (C=O) groups is 2. The second-order valence-corrected chi connectivity index (χ2v) is 10.2. The Labute approximate surface area is 192 Å². The van der Waals surface area contributed by atoms with E-state index >= 15 is 0 Å². The third-order valence-corrected chi connectivity index (χ3v) is 7.49. The van der Waals surface area contributed by atoms with Crippen LogP contribution in [0, 0.1) is 0 Å². The lowest BCUT2D eigenvalue weighted by molar-refractivity contribution is -0.127. The third-order valence-electron chi connectivity index (χ3n) is 6.16. The van der Waals surface area contributed by atoms with Crippen LogP contribution in [-0.4, -0.2) is 45.1 Å². The Morgan fingerprint density at radius 1 is 1.16 bits per heavy atom. The van der Waals surface area contributed by atoms with Crippen LogP contribution in [0.15, 0.2) is 42.5 Å². The van der Waals surface area contributed by atoms with Gasteiger partial charge in [-0.2, -0.15) is 11.8 Å². The number of hydrogen-bond acceptors (Lipinski definition) is 6. The first-order valence-corrected chi connectivity index (χ1v) is 11.7. The summed E-state index contributed by atoms with van der Waals surface area (Å²) in [6.07, 6.45) is 1.28. The fourth-order valence-corrected chi connectivity index (χ4v) is 5.60. The quantitative estimate of drug-likeness (QED) is 0.411. The van der Waals surface area contributed by atoms with Crippen LogP contribution in [0.1, 0.15) is 37.0 Å². The maximum Gasteiger partial charge on any atom is 0.240 e. The van der Waals surface area contributed by atoms with Crippen molar-refractivity contribution in [2.24, 2.45) is 11.5 Å². The largest absolute Gasteiger partial charge is 0.508 e. The van der Waals surface area contributed by atoms with E-state index in [4.69, 9.17) is 11.5 Å². The molecule has 0 aliphatic heterocycles. The smallest absolute Gasteiger partial charge is 0.240 e. The second kappa shape index (κ2) is 9.83. The Balaban J connectivity index is 1.55. The summed E-state index contributed by atoms with van der Waals surface area (Å²) in [7, 11) is 0. The number of phenols is 2. The lowest BCUT2D eigenvalue weighted by Crippen LogP contribution is -2.52. The summed E-state index contributed by atoms with van der Waals surface area (Å²) in [5.74, 6) is 0.0966. The van der Waals surface area contributed by atoms with E-state index in [2.05, 4.69) is 19.2 Å². The van der Waals surface area contributed by atoms with Crippen molar-refractivity contribution < 1.29 is 19.8 Å². The summed E-state index contributed by atoms with van der Waals surface area (Å²) in [6, 6.07) is 10.9. The van der Waals surface area contributed by atoms with Crippen molar-refractivity contribution in [3.8, 4) is 11.5 Å². The summed E-state index contributed by atoms with van der Waals surface area (Å²) in [5.41, 5.74) is 14.8. The molecule has 0 bridgehead atoms. The molecule has 7 nitrogen and oxygen atoms in total. The third kappa shape index (κ3) is 5.55. The van der Waals surface area contributed by atoms with Gasteiger partial charge in [0.1, 0.15) is 17.5 Å². The van der Waals surface area contributed by atoms with Crippen molar-refractivity contribution in [3.63, 3.8) is 0 Å². The molecule has 2 aromatic rings.